The molecule has 8 heteroatoms. The zero-order valence-electron chi connectivity index (χ0n) is 27.4. The topological polar surface area (TPSA) is 100 Å². The predicted molar refractivity (Wildman–Crippen MR) is 190 cm³/mol. The Labute approximate surface area is 285 Å². The van der Waals surface area contributed by atoms with Crippen LogP contribution >= 0.6 is 11.3 Å². The second-order valence-electron chi connectivity index (χ2n) is 13.5. The highest BCUT2D eigenvalue weighted by Crippen LogP contribution is 2.32. The molecular weight excluding hydrogens is 619 g/mol. The zero-order valence-corrected chi connectivity index (χ0v) is 28.2. The fourth-order valence-electron chi connectivity index (χ4n) is 6.07. The molecule has 3 heterocycles. The van der Waals surface area contributed by atoms with Gasteiger partial charge in [0.25, 0.3) is 0 Å². The number of hydrogen-bond acceptors (Lipinski definition) is 6. The minimum absolute atomic E-state index is 0.0653. The number of carbonyl (C=O) groups is 3. The van der Waals surface area contributed by atoms with Crippen molar-refractivity contribution in [3.05, 3.63) is 119 Å². The summed E-state index contributed by atoms with van der Waals surface area (Å²) >= 11 is 1.48. The number of rotatable bonds is 10. The number of hydrogen-bond donors (Lipinski definition) is 1. The van der Waals surface area contributed by atoms with E-state index >= 15 is 0 Å². The van der Waals surface area contributed by atoms with E-state index < -0.39 is 17.8 Å². The first kappa shape index (κ1) is 33.0. The van der Waals surface area contributed by atoms with Crippen molar-refractivity contribution in [1.82, 2.24) is 14.9 Å². The molecule has 1 aliphatic rings. The van der Waals surface area contributed by atoms with Gasteiger partial charge in [0.05, 0.1) is 10.8 Å². The second-order valence-corrected chi connectivity index (χ2v) is 14.6. The molecule has 7 nitrogen and oxygen atoms in total. The van der Waals surface area contributed by atoms with Gasteiger partial charge in [-0.15, -0.1) is 11.3 Å². The number of carboxylic acid groups (broad SMARTS) is 1. The summed E-state index contributed by atoms with van der Waals surface area (Å²) in [6, 6.07) is 30.2. The lowest BCUT2D eigenvalue weighted by Crippen LogP contribution is -2.37. The molecule has 6 rings (SSSR count). The predicted octanol–water partition coefficient (Wildman–Crippen LogP) is 8.20. The molecular formula is C40H39N3O4S. The van der Waals surface area contributed by atoms with Gasteiger partial charge in [-0.05, 0) is 52.6 Å². The summed E-state index contributed by atoms with van der Waals surface area (Å²) in [6.45, 7) is 6.89. The van der Waals surface area contributed by atoms with Crippen LogP contribution in [0.4, 0.5) is 0 Å². The SMILES string of the molecule is CC(C)(C)c1ccc(C(=O)C[C@@H](Cc2ccc(-c3ncc(-c4ccc(-c5ccccc5)cc4)cn3)cc2)C(=O)N2CC[C@H](C(=O)O)C2)s1. The maximum Gasteiger partial charge on any atom is 0.308 e. The molecule has 0 bridgehead atoms. The third-order valence-electron chi connectivity index (χ3n) is 8.92. The number of aliphatic carboxylic acids is 1. The van der Waals surface area contributed by atoms with Crippen LogP contribution in [0.15, 0.2) is 103 Å². The highest BCUT2D eigenvalue weighted by Gasteiger charge is 2.35. The number of aromatic nitrogens is 2. The van der Waals surface area contributed by atoms with E-state index in [0.29, 0.717) is 30.1 Å². The number of nitrogens with zero attached hydrogens (tertiary/aromatic N) is 3. The fourth-order valence-corrected chi connectivity index (χ4v) is 7.08. The molecule has 1 fully saturated rings. The van der Waals surface area contributed by atoms with Crippen LogP contribution in [0.2, 0.25) is 0 Å². The van der Waals surface area contributed by atoms with Gasteiger partial charge in [-0.25, -0.2) is 9.97 Å². The monoisotopic (exact) mass is 657 g/mol. The third-order valence-corrected chi connectivity index (χ3v) is 10.5. The highest BCUT2D eigenvalue weighted by atomic mass is 32.1. The Morgan fingerprint density at radius 1 is 0.812 bits per heavy atom. The van der Waals surface area contributed by atoms with E-state index in [1.165, 1.54) is 16.9 Å². The van der Waals surface area contributed by atoms with Crippen LogP contribution < -0.4 is 0 Å². The minimum Gasteiger partial charge on any atom is -0.481 e. The Balaban J connectivity index is 1.16. The fraction of sp³-hybridized carbons (Fsp3) is 0.275. The molecule has 2 atom stereocenters. The Morgan fingerprint density at radius 3 is 2.00 bits per heavy atom. The zero-order chi connectivity index (χ0) is 33.8. The van der Waals surface area contributed by atoms with Crippen LogP contribution in [0.5, 0.6) is 0 Å². The molecule has 0 unspecified atom stereocenters. The van der Waals surface area contributed by atoms with Crippen molar-refractivity contribution in [1.29, 1.82) is 0 Å². The van der Waals surface area contributed by atoms with E-state index in [1.807, 2.05) is 67.0 Å². The number of carbonyl (C=O) groups excluding carboxylic acids is 2. The van der Waals surface area contributed by atoms with Crippen LogP contribution in [0, 0.1) is 11.8 Å². The first-order chi connectivity index (χ1) is 23.0. The van der Waals surface area contributed by atoms with Crippen molar-refractivity contribution >= 4 is 29.0 Å². The largest absolute Gasteiger partial charge is 0.481 e. The van der Waals surface area contributed by atoms with E-state index in [4.69, 9.17) is 0 Å². The normalized spacial score (nSPS) is 15.3. The molecule has 2 aromatic heterocycles. The van der Waals surface area contributed by atoms with Gasteiger partial charge in [-0.2, -0.15) is 0 Å². The molecule has 0 radical (unpaired) electrons. The van der Waals surface area contributed by atoms with E-state index in [-0.39, 0.29) is 30.1 Å². The lowest BCUT2D eigenvalue weighted by Gasteiger charge is -2.23. The third kappa shape index (κ3) is 7.60. The number of ketones is 1. The highest BCUT2D eigenvalue weighted by molar-refractivity contribution is 7.14. The molecule has 5 aromatic rings. The number of thiophene rings is 1. The molecule has 1 amide bonds. The Bertz CT molecular complexity index is 1890. The van der Waals surface area contributed by atoms with E-state index in [0.717, 1.165) is 32.7 Å². The smallest absolute Gasteiger partial charge is 0.308 e. The molecule has 1 N–H and O–H groups in total. The average molecular weight is 658 g/mol. The van der Waals surface area contributed by atoms with Crippen molar-refractivity contribution in [2.45, 2.75) is 45.4 Å². The molecule has 1 saturated heterocycles. The van der Waals surface area contributed by atoms with Gasteiger partial charge >= 0.3 is 5.97 Å². The van der Waals surface area contributed by atoms with E-state index in [2.05, 4.69) is 67.1 Å². The first-order valence-electron chi connectivity index (χ1n) is 16.3. The van der Waals surface area contributed by atoms with Crippen LogP contribution in [-0.2, 0) is 21.4 Å². The Kier molecular flexibility index (Phi) is 9.64. The van der Waals surface area contributed by atoms with Crippen molar-refractivity contribution < 1.29 is 19.5 Å². The van der Waals surface area contributed by atoms with Crippen LogP contribution in [-0.4, -0.2) is 50.7 Å². The summed E-state index contributed by atoms with van der Waals surface area (Å²) in [7, 11) is 0. The molecule has 48 heavy (non-hydrogen) atoms. The maximum absolute atomic E-state index is 13.7. The average Bonchev–Trinajstić information content (AvgIpc) is 3.81. The molecule has 3 aromatic carbocycles. The van der Waals surface area contributed by atoms with Crippen molar-refractivity contribution in [3.8, 4) is 33.6 Å². The summed E-state index contributed by atoms with van der Waals surface area (Å²) in [6.07, 6.45) is 4.51. The van der Waals surface area contributed by atoms with Crippen LogP contribution in [0.3, 0.4) is 0 Å². The number of carboxylic acids is 1. The van der Waals surface area contributed by atoms with Crippen molar-refractivity contribution in [2.24, 2.45) is 11.8 Å². The lowest BCUT2D eigenvalue weighted by molar-refractivity contribution is -0.141. The first-order valence-corrected chi connectivity index (χ1v) is 17.1. The van der Waals surface area contributed by atoms with Gasteiger partial charge in [-0.3, -0.25) is 14.4 Å². The Hall–Kier alpha value is -4.95. The summed E-state index contributed by atoms with van der Waals surface area (Å²) in [5.41, 5.74) is 5.97. The van der Waals surface area contributed by atoms with Crippen LogP contribution in [0.1, 0.15) is 53.7 Å². The molecule has 0 saturated carbocycles. The van der Waals surface area contributed by atoms with Gasteiger partial charge in [0.2, 0.25) is 5.91 Å². The van der Waals surface area contributed by atoms with Gasteiger partial charge in [0, 0.05) is 53.8 Å². The van der Waals surface area contributed by atoms with Gasteiger partial charge < -0.3 is 10.0 Å². The maximum atomic E-state index is 13.7. The second kappa shape index (κ2) is 14.0. The van der Waals surface area contributed by atoms with E-state index in [1.54, 1.807) is 4.90 Å². The Morgan fingerprint density at radius 2 is 1.42 bits per heavy atom. The quantitative estimate of drug-likeness (QED) is 0.152. The van der Waals surface area contributed by atoms with Gasteiger partial charge in [0.1, 0.15) is 0 Å². The molecule has 0 aliphatic carbocycles. The molecule has 1 aliphatic heterocycles. The number of benzene rings is 3. The van der Waals surface area contributed by atoms with Gasteiger partial charge in [-0.1, -0.05) is 99.6 Å². The summed E-state index contributed by atoms with van der Waals surface area (Å²) < 4.78 is 0. The minimum atomic E-state index is -0.891. The summed E-state index contributed by atoms with van der Waals surface area (Å²) in [5.74, 6) is -1.70. The summed E-state index contributed by atoms with van der Waals surface area (Å²) in [5, 5.41) is 9.49. The molecule has 244 valence electrons. The standard InChI is InChI=1S/C40H39N3O4S/c1-40(2,3)36-18-17-35(48-36)34(44)22-32(38(45)43-20-19-31(25-43)39(46)47)21-26-9-11-30(12-10-26)37-41-23-33(24-42-37)29-15-13-28(14-16-29)27-7-5-4-6-8-27/h4-18,23-24,31-32H,19-22,25H2,1-3H3,(H,46,47)/t31-,32+/m0/s1. The number of amides is 1. The molecule has 0 spiro atoms. The van der Waals surface area contributed by atoms with Gasteiger partial charge in [0.15, 0.2) is 11.6 Å². The van der Waals surface area contributed by atoms with Crippen LogP contribution in [0.25, 0.3) is 33.6 Å². The lowest BCUT2D eigenvalue weighted by atomic mass is 9.92. The van der Waals surface area contributed by atoms with Crippen molar-refractivity contribution in [2.75, 3.05) is 13.1 Å². The van der Waals surface area contributed by atoms with E-state index in [9.17, 15) is 19.5 Å². The van der Waals surface area contributed by atoms with Crippen molar-refractivity contribution in [3.63, 3.8) is 0 Å². The number of likely N-dealkylation sites (tertiary alicyclic amines) is 1. The number of Topliss-reactive ketones (excluding diaryl/α,β-unsaturated/α-hetero) is 1. The summed E-state index contributed by atoms with van der Waals surface area (Å²) in [4.78, 5) is 51.4.